The number of aromatic nitrogens is 3. The lowest BCUT2D eigenvalue weighted by Gasteiger charge is -2.30. The summed E-state index contributed by atoms with van der Waals surface area (Å²) >= 11 is 1.40. The van der Waals surface area contributed by atoms with E-state index < -0.39 is 12.2 Å². The first kappa shape index (κ1) is 19.2. The molecule has 1 atom stereocenters. The van der Waals surface area contributed by atoms with E-state index in [0.717, 1.165) is 0 Å². The Hall–Kier alpha value is -2.55. The number of ketones is 1. The molecule has 7 nitrogen and oxygen atoms in total. The minimum atomic E-state index is -1.08. The van der Waals surface area contributed by atoms with Crippen LogP contribution < -0.4 is 10.5 Å². The molecule has 0 aromatic carbocycles. The summed E-state index contributed by atoms with van der Waals surface area (Å²) in [5.74, 6) is 0.848. The van der Waals surface area contributed by atoms with Crippen LogP contribution in [-0.2, 0) is 12.0 Å². The predicted octanol–water partition coefficient (Wildman–Crippen LogP) is 2.31. The predicted molar refractivity (Wildman–Crippen MR) is 102 cm³/mol. The van der Waals surface area contributed by atoms with Gasteiger partial charge in [0, 0.05) is 18.4 Å². The van der Waals surface area contributed by atoms with Crippen LogP contribution >= 0.6 is 11.8 Å². The Kier molecular flexibility index (Phi) is 6.00. The zero-order valence-corrected chi connectivity index (χ0v) is 15.7. The van der Waals surface area contributed by atoms with Crippen LogP contribution in [0.15, 0.2) is 35.7 Å². The van der Waals surface area contributed by atoms with Crippen molar-refractivity contribution in [3.63, 3.8) is 0 Å². The van der Waals surface area contributed by atoms with Crippen LogP contribution in [0.1, 0.15) is 35.1 Å². The summed E-state index contributed by atoms with van der Waals surface area (Å²) in [5.41, 5.74) is 6.15. The number of Topliss-reactive ketones (excluding diaryl/α,β-unsaturated/α-hetero) is 1. The number of alkyl halides is 1. The highest BCUT2D eigenvalue weighted by Gasteiger charge is 2.36. The summed E-state index contributed by atoms with van der Waals surface area (Å²) in [4.78, 5) is 29.2. The number of hydrogen-bond donors (Lipinski definition) is 1. The molecule has 0 amide bonds. The van der Waals surface area contributed by atoms with Gasteiger partial charge in [-0.3, -0.25) is 9.78 Å². The van der Waals surface area contributed by atoms with E-state index in [1.54, 1.807) is 18.3 Å². The standard InChI is InChI=1S/C18H20FN5O2S/c1-2-26-16-10-22-13(9-23-16)14(25)7-12-3-5-21-15(8-12)18(11-19)4-6-27-17(20)24-18/h3,5,8-10H,2,4,6-7,11H2,1H3,(H2,20,24)/t18-/m1/s1. The van der Waals surface area contributed by atoms with Gasteiger partial charge in [-0.1, -0.05) is 11.8 Å². The first-order valence-corrected chi connectivity index (χ1v) is 9.52. The maximum Gasteiger partial charge on any atom is 0.232 e. The lowest BCUT2D eigenvalue weighted by Crippen LogP contribution is -2.34. The second kappa shape index (κ2) is 8.43. The summed E-state index contributed by atoms with van der Waals surface area (Å²) < 4.78 is 19.1. The summed E-state index contributed by atoms with van der Waals surface area (Å²) in [5, 5.41) is 0.354. The van der Waals surface area contributed by atoms with Crippen LogP contribution in [-0.4, -0.2) is 44.9 Å². The zero-order chi connectivity index (χ0) is 19.3. The normalized spacial score (nSPS) is 19.4. The SMILES string of the molecule is CCOc1cnc(C(=O)Cc2ccnc([C@]3(CF)CCSC(N)=N3)c2)cn1. The lowest BCUT2D eigenvalue weighted by atomic mass is 9.92. The molecule has 0 aliphatic carbocycles. The van der Waals surface area contributed by atoms with Crippen LogP contribution in [0.25, 0.3) is 0 Å². The van der Waals surface area contributed by atoms with Crippen molar-refractivity contribution in [2.75, 3.05) is 19.0 Å². The fourth-order valence-corrected chi connectivity index (χ4v) is 3.66. The minimum Gasteiger partial charge on any atom is -0.477 e. The van der Waals surface area contributed by atoms with Crippen molar-refractivity contribution in [3.05, 3.63) is 47.7 Å². The van der Waals surface area contributed by atoms with Gasteiger partial charge in [-0.15, -0.1) is 0 Å². The van der Waals surface area contributed by atoms with Crippen LogP contribution in [0, 0.1) is 0 Å². The summed E-state index contributed by atoms with van der Waals surface area (Å²) in [6, 6.07) is 3.44. The molecule has 142 valence electrons. The molecule has 0 unspecified atom stereocenters. The smallest absolute Gasteiger partial charge is 0.232 e. The van der Waals surface area contributed by atoms with Crippen molar-refractivity contribution in [3.8, 4) is 5.88 Å². The molecule has 2 N–H and O–H groups in total. The van der Waals surface area contributed by atoms with E-state index >= 15 is 0 Å². The Labute approximate surface area is 160 Å². The summed E-state index contributed by atoms with van der Waals surface area (Å²) in [6.07, 6.45) is 4.98. The molecular weight excluding hydrogens is 369 g/mol. The summed E-state index contributed by atoms with van der Waals surface area (Å²) in [6.45, 7) is 1.63. The van der Waals surface area contributed by atoms with E-state index in [4.69, 9.17) is 10.5 Å². The van der Waals surface area contributed by atoms with E-state index in [0.29, 0.717) is 41.1 Å². The molecule has 2 aromatic rings. The van der Waals surface area contributed by atoms with E-state index in [1.165, 1.54) is 24.2 Å². The second-order valence-electron chi connectivity index (χ2n) is 6.04. The zero-order valence-electron chi connectivity index (χ0n) is 14.9. The number of rotatable bonds is 7. The van der Waals surface area contributed by atoms with Gasteiger partial charge in [0.2, 0.25) is 5.88 Å². The van der Waals surface area contributed by atoms with Gasteiger partial charge in [0.1, 0.15) is 17.9 Å². The van der Waals surface area contributed by atoms with Crippen molar-refractivity contribution in [2.24, 2.45) is 10.7 Å². The molecular formula is C18H20FN5O2S. The fraction of sp³-hybridized carbons (Fsp3) is 0.389. The monoisotopic (exact) mass is 389 g/mol. The molecule has 0 saturated heterocycles. The molecule has 3 rings (SSSR count). The Bertz CT molecular complexity index is 846. The number of ether oxygens (including phenoxy) is 1. The molecule has 0 radical (unpaired) electrons. The molecule has 3 heterocycles. The average molecular weight is 389 g/mol. The first-order valence-electron chi connectivity index (χ1n) is 8.54. The number of nitrogens with two attached hydrogens (primary N) is 1. The van der Waals surface area contributed by atoms with Gasteiger partial charge in [0.25, 0.3) is 0 Å². The molecule has 0 fully saturated rings. The number of amidine groups is 1. The van der Waals surface area contributed by atoms with Gasteiger partial charge in [-0.05, 0) is 31.0 Å². The molecule has 0 saturated carbocycles. The number of halogens is 1. The van der Waals surface area contributed by atoms with E-state index in [1.807, 2.05) is 6.92 Å². The fourth-order valence-electron chi connectivity index (χ4n) is 2.77. The topological polar surface area (TPSA) is 103 Å². The highest BCUT2D eigenvalue weighted by molar-refractivity contribution is 8.13. The lowest BCUT2D eigenvalue weighted by molar-refractivity contribution is 0.0987. The van der Waals surface area contributed by atoms with Gasteiger partial charge in [-0.2, -0.15) is 0 Å². The quantitative estimate of drug-likeness (QED) is 0.725. The van der Waals surface area contributed by atoms with Gasteiger partial charge in [0.15, 0.2) is 11.0 Å². The van der Waals surface area contributed by atoms with Crippen molar-refractivity contribution < 1.29 is 13.9 Å². The summed E-state index contributed by atoms with van der Waals surface area (Å²) in [7, 11) is 0. The largest absolute Gasteiger partial charge is 0.477 e. The van der Waals surface area contributed by atoms with Gasteiger partial charge in [0.05, 0.1) is 24.7 Å². The van der Waals surface area contributed by atoms with Crippen LogP contribution in [0.4, 0.5) is 4.39 Å². The Morgan fingerprint density at radius 2 is 2.22 bits per heavy atom. The third-order valence-electron chi connectivity index (χ3n) is 4.18. The highest BCUT2D eigenvalue weighted by Crippen LogP contribution is 2.35. The maximum atomic E-state index is 13.8. The Morgan fingerprint density at radius 1 is 1.37 bits per heavy atom. The van der Waals surface area contributed by atoms with Crippen molar-refractivity contribution in [1.82, 2.24) is 15.0 Å². The average Bonchev–Trinajstić information content (AvgIpc) is 2.69. The number of nitrogens with zero attached hydrogens (tertiary/aromatic N) is 4. The number of aliphatic imine (C=N–C) groups is 1. The van der Waals surface area contributed by atoms with E-state index in [2.05, 4.69) is 19.9 Å². The number of carbonyl (C=O) groups is 1. The van der Waals surface area contributed by atoms with E-state index in [-0.39, 0.29) is 17.9 Å². The van der Waals surface area contributed by atoms with E-state index in [9.17, 15) is 9.18 Å². The molecule has 2 aromatic heterocycles. The number of hydrogen-bond acceptors (Lipinski definition) is 8. The molecule has 0 bridgehead atoms. The van der Waals surface area contributed by atoms with Crippen molar-refractivity contribution >= 4 is 22.7 Å². The highest BCUT2D eigenvalue weighted by atomic mass is 32.2. The van der Waals surface area contributed by atoms with Crippen molar-refractivity contribution in [2.45, 2.75) is 25.3 Å². The molecule has 9 heteroatoms. The molecule has 1 aliphatic heterocycles. The number of thioether (sulfide) groups is 1. The Balaban J connectivity index is 1.79. The van der Waals surface area contributed by atoms with Crippen LogP contribution in [0.2, 0.25) is 0 Å². The second-order valence-corrected chi connectivity index (χ2v) is 7.15. The van der Waals surface area contributed by atoms with Gasteiger partial charge < -0.3 is 10.5 Å². The number of carbonyl (C=O) groups excluding carboxylic acids is 1. The van der Waals surface area contributed by atoms with Gasteiger partial charge >= 0.3 is 0 Å². The Morgan fingerprint density at radius 3 is 2.89 bits per heavy atom. The van der Waals surface area contributed by atoms with Crippen LogP contribution in [0.5, 0.6) is 5.88 Å². The third-order valence-corrected chi connectivity index (χ3v) is 4.98. The minimum absolute atomic E-state index is 0.106. The first-order chi connectivity index (χ1) is 13.1. The van der Waals surface area contributed by atoms with Crippen molar-refractivity contribution in [1.29, 1.82) is 0 Å². The molecule has 0 spiro atoms. The number of pyridine rings is 1. The third kappa shape index (κ3) is 4.41. The van der Waals surface area contributed by atoms with Gasteiger partial charge in [-0.25, -0.2) is 19.4 Å². The maximum absolute atomic E-state index is 13.8. The molecule has 1 aliphatic rings. The molecule has 27 heavy (non-hydrogen) atoms. The van der Waals surface area contributed by atoms with Crippen LogP contribution in [0.3, 0.4) is 0 Å².